The minimum atomic E-state index is -0.188. The second kappa shape index (κ2) is 9.34. The molecular weight excluding hydrogens is 334 g/mol. The summed E-state index contributed by atoms with van der Waals surface area (Å²) < 4.78 is 0. The SMILES string of the molecule is CC(C(=O)Nc1ccccc1C#N)N1CCC(CCc2ccccc2)CC1. The van der Waals surface area contributed by atoms with Crippen molar-refractivity contribution in [1.82, 2.24) is 4.90 Å². The maximum atomic E-state index is 12.6. The normalized spacial score (nSPS) is 16.4. The number of hydrogen-bond donors (Lipinski definition) is 1. The first kappa shape index (κ1) is 19.1. The zero-order chi connectivity index (χ0) is 19.1. The molecule has 0 aromatic heterocycles. The highest BCUT2D eigenvalue weighted by atomic mass is 16.2. The molecule has 0 aliphatic carbocycles. The Balaban J connectivity index is 1.47. The number of nitrogens with one attached hydrogen (secondary N) is 1. The Morgan fingerprint density at radius 3 is 2.52 bits per heavy atom. The van der Waals surface area contributed by atoms with Gasteiger partial charge in [0.1, 0.15) is 6.07 Å². The predicted molar refractivity (Wildman–Crippen MR) is 108 cm³/mol. The van der Waals surface area contributed by atoms with E-state index in [1.807, 2.05) is 13.0 Å². The standard InChI is InChI=1S/C23H27N3O/c1-18(23(27)25-22-10-6-5-9-21(22)17-24)26-15-13-20(14-16-26)12-11-19-7-3-2-4-8-19/h2-10,18,20H,11-16H2,1H3,(H,25,27). The second-order valence-electron chi connectivity index (χ2n) is 7.33. The topological polar surface area (TPSA) is 56.1 Å². The van der Waals surface area contributed by atoms with Crippen LogP contribution < -0.4 is 5.32 Å². The van der Waals surface area contributed by atoms with Crippen molar-refractivity contribution < 1.29 is 4.79 Å². The Kier molecular flexibility index (Phi) is 6.62. The molecule has 0 bridgehead atoms. The van der Waals surface area contributed by atoms with Crippen LogP contribution in [0, 0.1) is 17.2 Å². The summed E-state index contributed by atoms with van der Waals surface area (Å²) in [6, 6.07) is 19.7. The van der Waals surface area contributed by atoms with Crippen molar-refractivity contribution in [2.24, 2.45) is 5.92 Å². The number of carbonyl (C=O) groups is 1. The van der Waals surface area contributed by atoms with Crippen LogP contribution in [0.3, 0.4) is 0 Å². The van der Waals surface area contributed by atoms with Crippen LogP contribution in [0.2, 0.25) is 0 Å². The highest BCUT2D eigenvalue weighted by Gasteiger charge is 2.26. The Morgan fingerprint density at radius 1 is 1.15 bits per heavy atom. The van der Waals surface area contributed by atoms with Gasteiger partial charge in [-0.15, -0.1) is 0 Å². The van der Waals surface area contributed by atoms with E-state index < -0.39 is 0 Å². The van der Waals surface area contributed by atoms with Crippen molar-refractivity contribution in [3.63, 3.8) is 0 Å². The molecule has 0 spiro atoms. The summed E-state index contributed by atoms with van der Waals surface area (Å²) in [5.41, 5.74) is 2.50. The zero-order valence-corrected chi connectivity index (χ0v) is 15.9. The molecule has 1 amide bonds. The van der Waals surface area contributed by atoms with Gasteiger partial charge in [-0.25, -0.2) is 0 Å². The van der Waals surface area contributed by atoms with Crippen LogP contribution in [0.1, 0.15) is 37.3 Å². The van der Waals surface area contributed by atoms with Crippen LogP contribution in [-0.2, 0) is 11.2 Å². The molecule has 0 saturated carbocycles. The minimum absolute atomic E-state index is 0.0413. The summed E-state index contributed by atoms with van der Waals surface area (Å²) >= 11 is 0. The summed E-state index contributed by atoms with van der Waals surface area (Å²) in [6.07, 6.45) is 4.62. The van der Waals surface area contributed by atoms with E-state index in [2.05, 4.69) is 46.6 Å². The third-order valence-electron chi connectivity index (χ3n) is 5.57. The van der Waals surface area contributed by atoms with Crippen LogP contribution in [0.25, 0.3) is 0 Å². The van der Waals surface area contributed by atoms with Crippen molar-refractivity contribution in [3.8, 4) is 6.07 Å². The lowest BCUT2D eigenvalue weighted by Gasteiger charge is -2.35. The number of benzene rings is 2. The van der Waals surface area contributed by atoms with Crippen LogP contribution in [0.15, 0.2) is 54.6 Å². The highest BCUT2D eigenvalue weighted by molar-refractivity contribution is 5.95. The first-order valence-electron chi connectivity index (χ1n) is 9.75. The van der Waals surface area contributed by atoms with Gasteiger partial charge >= 0.3 is 0 Å². The average molecular weight is 361 g/mol. The number of rotatable bonds is 6. The zero-order valence-electron chi connectivity index (χ0n) is 15.9. The number of nitrogens with zero attached hydrogens (tertiary/aromatic N) is 2. The van der Waals surface area contributed by atoms with Gasteiger partial charge < -0.3 is 5.32 Å². The summed E-state index contributed by atoms with van der Waals surface area (Å²) in [5, 5.41) is 12.1. The minimum Gasteiger partial charge on any atom is -0.324 e. The van der Waals surface area contributed by atoms with Crippen LogP contribution in [-0.4, -0.2) is 29.9 Å². The van der Waals surface area contributed by atoms with Gasteiger partial charge in [0.05, 0.1) is 17.3 Å². The predicted octanol–water partition coefficient (Wildman–Crippen LogP) is 4.23. The van der Waals surface area contributed by atoms with Gasteiger partial charge in [0, 0.05) is 0 Å². The fourth-order valence-corrected chi connectivity index (χ4v) is 3.74. The van der Waals surface area contributed by atoms with Crippen LogP contribution in [0.4, 0.5) is 5.69 Å². The Bertz CT molecular complexity index is 789. The lowest BCUT2D eigenvalue weighted by Crippen LogP contribution is -2.46. The van der Waals surface area contributed by atoms with Crippen LogP contribution >= 0.6 is 0 Å². The Morgan fingerprint density at radius 2 is 1.81 bits per heavy atom. The quantitative estimate of drug-likeness (QED) is 0.838. The van der Waals surface area contributed by atoms with Crippen LogP contribution in [0.5, 0.6) is 0 Å². The molecule has 2 aromatic rings. The molecule has 1 saturated heterocycles. The smallest absolute Gasteiger partial charge is 0.241 e. The van der Waals surface area contributed by atoms with Crippen molar-refractivity contribution in [2.75, 3.05) is 18.4 Å². The molecular formula is C23H27N3O. The number of piperidine rings is 1. The number of nitriles is 1. The number of aryl methyl sites for hydroxylation is 1. The molecule has 1 atom stereocenters. The molecule has 4 nitrogen and oxygen atoms in total. The van der Waals surface area contributed by atoms with E-state index in [-0.39, 0.29) is 11.9 Å². The van der Waals surface area contributed by atoms with Gasteiger partial charge in [0.15, 0.2) is 0 Å². The first-order valence-corrected chi connectivity index (χ1v) is 9.75. The summed E-state index contributed by atoms with van der Waals surface area (Å²) in [6.45, 7) is 3.86. The van der Waals surface area contributed by atoms with Gasteiger partial charge in [-0.05, 0) is 69.3 Å². The van der Waals surface area contributed by atoms with Gasteiger partial charge in [-0.2, -0.15) is 5.26 Å². The molecule has 140 valence electrons. The maximum Gasteiger partial charge on any atom is 0.241 e. The van der Waals surface area contributed by atoms with E-state index in [0.29, 0.717) is 11.3 Å². The number of amides is 1. The van der Waals surface area contributed by atoms with Gasteiger partial charge in [0.25, 0.3) is 0 Å². The van der Waals surface area contributed by atoms with E-state index >= 15 is 0 Å². The van der Waals surface area contributed by atoms with Crippen molar-refractivity contribution in [1.29, 1.82) is 5.26 Å². The van der Waals surface area contributed by atoms with E-state index in [0.717, 1.165) is 38.3 Å². The Labute approximate surface area is 161 Å². The second-order valence-corrected chi connectivity index (χ2v) is 7.33. The van der Waals surface area contributed by atoms with E-state index in [1.54, 1.807) is 18.2 Å². The molecule has 1 heterocycles. The lowest BCUT2D eigenvalue weighted by atomic mass is 9.90. The van der Waals surface area contributed by atoms with E-state index in [1.165, 1.54) is 12.0 Å². The van der Waals surface area contributed by atoms with Crippen molar-refractivity contribution in [2.45, 2.75) is 38.6 Å². The summed E-state index contributed by atoms with van der Waals surface area (Å²) in [7, 11) is 0. The van der Waals surface area contributed by atoms with Gasteiger partial charge in [0.2, 0.25) is 5.91 Å². The third-order valence-corrected chi connectivity index (χ3v) is 5.57. The number of anilines is 1. The maximum absolute atomic E-state index is 12.6. The largest absolute Gasteiger partial charge is 0.324 e. The number of carbonyl (C=O) groups excluding carboxylic acids is 1. The molecule has 0 radical (unpaired) electrons. The summed E-state index contributed by atoms with van der Waals surface area (Å²) in [5.74, 6) is 0.691. The molecule has 1 N–H and O–H groups in total. The molecule has 1 fully saturated rings. The molecule has 1 aliphatic heterocycles. The highest BCUT2D eigenvalue weighted by Crippen LogP contribution is 2.24. The molecule has 1 unspecified atom stereocenters. The molecule has 1 aliphatic rings. The number of para-hydroxylation sites is 1. The fraction of sp³-hybridized carbons (Fsp3) is 0.391. The first-order chi connectivity index (χ1) is 13.2. The molecule has 3 rings (SSSR count). The molecule has 4 heteroatoms. The van der Waals surface area contributed by atoms with E-state index in [4.69, 9.17) is 5.26 Å². The average Bonchev–Trinajstić information content (AvgIpc) is 2.73. The number of likely N-dealkylation sites (tertiary alicyclic amines) is 1. The van der Waals surface area contributed by atoms with E-state index in [9.17, 15) is 4.79 Å². The molecule has 2 aromatic carbocycles. The molecule has 27 heavy (non-hydrogen) atoms. The third kappa shape index (κ3) is 5.18. The van der Waals surface area contributed by atoms with Gasteiger partial charge in [-0.1, -0.05) is 42.5 Å². The van der Waals surface area contributed by atoms with Crippen molar-refractivity contribution >= 4 is 11.6 Å². The number of hydrogen-bond acceptors (Lipinski definition) is 3. The van der Waals surface area contributed by atoms with Crippen molar-refractivity contribution in [3.05, 3.63) is 65.7 Å². The lowest BCUT2D eigenvalue weighted by molar-refractivity contribution is -0.121. The Hall–Kier alpha value is -2.64. The van der Waals surface area contributed by atoms with Gasteiger partial charge in [-0.3, -0.25) is 9.69 Å². The fourth-order valence-electron chi connectivity index (χ4n) is 3.74. The monoisotopic (exact) mass is 361 g/mol. The summed E-state index contributed by atoms with van der Waals surface area (Å²) in [4.78, 5) is 14.9.